The van der Waals surface area contributed by atoms with Gasteiger partial charge in [0, 0.05) is 22.7 Å². The third-order valence-electron chi connectivity index (χ3n) is 2.37. The lowest BCUT2D eigenvalue weighted by Crippen LogP contribution is -1.95. The number of thiophene rings is 1. The number of nitrogens with two attached hydrogens (primary N) is 1. The van der Waals surface area contributed by atoms with E-state index in [0.29, 0.717) is 13.2 Å². The highest BCUT2D eigenvalue weighted by atomic mass is 32.1. The highest BCUT2D eigenvalue weighted by molar-refractivity contribution is 7.19. The second-order valence-electron chi connectivity index (χ2n) is 3.38. The number of hydrogen-bond acceptors (Lipinski definition) is 3. The van der Waals surface area contributed by atoms with Crippen LogP contribution < -0.4 is 5.73 Å². The SMILES string of the molecule is CCOCc1cc2c(CN)cccc2s1. The van der Waals surface area contributed by atoms with E-state index >= 15 is 0 Å². The van der Waals surface area contributed by atoms with E-state index in [1.54, 1.807) is 11.3 Å². The average Bonchev–Trinajstić information content (AvgIpc) is 2.68. The van der Waals surface area contributed by atoms with Gasteiger partial charge in [0.2, 0.25) is 0 Å². The Kier molecular flexibility index (Phi) is 3.36. The van der Waals surface area contributed by atoms with Gasteiger partial charge in [-0.05, 0) is 30.0 Å². The lowest BCUT2D eigenvalue weighted by atomic mass is 10.1. The third-order valence-corrected chi connectivity index (χ3v) is 3.44. The molecule has 0 spiro atoms. The van der Waals surface area contributed by atoms with Crippen LogP contribution in [-0.2, 0) is 17.9 Å². The van der Waals surface area contributed by atoms with Gasteiger partial charge >= 0.3 is 0 Å². The fourth-order valence-electron chi connectivity index (χ4n) is 1.63. The number of benzene rings is 1. The quantitative estimate of drug-likeness (QED) is 0.861. The van der Waals surface area contributed by atoms with Crippen LogP contribution in [0.1, 0.15) is 17.4 Å². The van der Waals surface area contributed by atoms with Gasteiger partial charge in [-0.2, -0.15) is 0 Å². The van der Waals surface area contributed by atoms with Gasteiger partial charge in [0.05, 0.1) is 6.61 Å². The molecule has 0 aliphatic carbocycles. The van der Waals surface area contributed by atoms with Crippen molar-refractivity contribution in [1.29, 1.82) is 0 Å². The van der Waals surface area contributed by atoms with Crippen LogP contribution in [0, 0.1) is 0 Å². The summed E-state index contributed by atoms with van der Waals surface area (Å²) in [7, 11) is 0. The standard InChI is InChI=1S/C12H15NOS/c1-2-14-8-10-6-11-9(7-13)4-3-5-12(11)15-10/h3-6H,2,7-8,13H2,1H3. The molecular weight excluding hydrogens is 206 g/mol. The van der Waals surface area contributed by atoms with E-state index in [4.69, 9.17) is 10.5 Å². The first kappa shape index (κ1) is 10.6. The minimum atomic E-state index is 0.599. The molecule has 2 aromatic rings. The zero-order chi connectivity index (χ0) is 10.7. The van der Waals surface area contributed by atoms with Crippen molar-refractivity contribution in [2.75, 3.05) is 6.61 Å². The summed E-state index contributed by atoms with van der Waals surface area (Å²) in [5.41, 5.74) is 6.91. The van der Waals surface area contributed by atoms with E-state index in [9.17, 15) is 0 Å². The Labute approximate surface area is 93.7 Å². The molecule has 2 N–H and O–H groups in total. The zero-order valence-corrected chi connectivity index (χ0v) is 9.64. The Hall–Kier alpha value is -0.900. The van der Waals surface area contributed by atoms with Crippen LogP contribution in [0.5, 0.6) is 0 Å². The first-order chi connectivity index (χ1) is 7.35. The van der Waals surface area contributed by atoms with E-state index in [1.165, 1.54) is 20.5 Å². The largest absolute Gasteiger partial charge is 0.376 e. The predicted octanol–water partition coefficient (Wildman–Crippen LogP) is 2.90. The molecule has 0 bridgehead atoms. The Bertz CT molecular complexity index is 450. The van der Waals surface area contributed by atoms with E-state index in [0.717, 1.165) is 6.61 Å². The molecule has 0 fully saturated rings. The van der Waals surface area contributed by atoms with Gasteiger partial charge in [0.25, 0.3) is 0 Å². The van der Waals surface area contributed by atoms with Crippen molar-refractivity contribution >= 4 is 21.4 Å². The number of fused-ring (bicyclic) bond motifs is 1. The minimum Gasteiger partial charge on any atom is -0.376 e. The highest BCUT2D eigenvalue weighted by Crippen LogP contribution is 2.28. The van der Waals surface area contributed by atoms with E-state index < -0.39 is 0 Å². The van der Waals surface area contributed by atoms with Gasteiger partial charge in [-0.1, -0.05) is 12.1 Å². The normalized spacial score (nSPS) is 11.1. The van der Waals surface area contributed by atoms with Crippen LogP contribution in [0.2, 0.25) is 0 Å². The summed E-state index contributed by atoms with van der Waals surface area (Å²) in [6.45, 7) is 4.08. The smallest absolute Gasteiger partial charge is 0.0809 e. The average molecular weight is 221 g/mol. The van der Waals surface area contributed by atoms with Crippen LogP contribution in [0.3, 0.4) is 0 Å². The molecule has 0 aliphatic rings. The van der Waals surface area contributed by atoms with Crippen LogP contribution in [-0.4, -0.2) is 6.61 Å². The van der Waals surface area contributed by atoms with Crippen molar-refractivity contribution in [3.05, 3.63) is 34.7 Å². The molecule has 2 rings (SSSR count). The summed E-state index contributed by atoms with van der Waals surface area (Å²) in [6.07, 6.45) is 0. The molecule has 3 heteroatoms. The second-order valence-corrected chi connectivity index (χ2v) is 4.55. The van der Waals surface area contributed by atoms with Crippen LogP contribution >= 0.6 is 11.3 Å². The topological polar surface area (TPSA) is 35.2 Å². The van der Waals surface area contributed by atoms with Crippen molar-refractivity contribution in [1.82, 2.24) is 0 Å². The molecule has 1 heterocycles. The summed E-state index contributed by atoms with van der Waals surface area (Å²) in [4.78, 5) is 1.27. The van der Waals surface area contributed by atoms with Gasteiger partial charge in [0.1, 0.15) is 0 Å². The molecule has 80 valence electrons. The van der Waals surface area contributed by atoms with Crippen molar-refractivity contribution in [3.63, 3.8) is 0 Å². The van der Waals surface area contributed by atoms with Gasteiger partial charge in [-0.3, -0.25) is 0 Å². The Morgan fingerprint density at radius 1 is 1.40 bits per heavy atom. The van der Waals surface area contributed by atoms with Crippen LogP contribution in [0.25, 0.3) is 10.1 Å². The Balaban J connectivity index is 2.37. The molecule has 0 amide bonds. The molecule has 0 radical (unpaired) electrons. The molecule has 2 nitrogen and oxygen atoms in total. The van der Waals surface area contributed by atoms with Crippen molar-refractivity contribution in [2.45, 2.75) is 20.1 Å². The molecular formula is C12H15NOS. The van der Waals surface area contributed by atoms with Crippen LogP contribution in [0.15, 0.2) is 24.3 Å². The lowest BCUT2D eigenvalue weighted by Gasteiger charge is -1.97. The van der Waals surface area contributed by atoms with Gasteiger partial charge in [0.15, 0.2) is 0 Å². The fourth-order valence-corrected chi connectivity index (χ4v) is 2.67. The van der Waals surface area contributed by atoms with Crippen molar-refractivity contribution in [3.8, 4) is 0 Å². The molecule has 0 atom stereocenters. The highest BCUT2D eigenvalue weighted by Gasteiger charge is 2.04. The van der Waals surface area contributed by atoms with Gasteiger partial charge < -0.3 is 10.5 Å². The fraction of sp³-hybridized carbons (Fsp3) is 0.333. The summed E-state index contributed by atoms with van der Waals surface area (Å²) >= 11 is 1.79. The van der Waals surface area contributed by atoms with Gasteiger partial charge in [-0.25, -0.2) is 0 Å². The predicted molar refractivity (Wildman–Crippen MR) is 65.0 cm³/mol. The maximum absolute atomic E-state index is 5.70. The molecule has 0 saturated heterocycles. The van der Waals surface area contributed by atoms with Gasteiger partial charge in [-0.15, -0.1) is 11.3 Å². The second kappa shape index (κ2) is 4.75. The Morgan fingerprint density at radius 3 is 3.00 bits per heavy atom. The number of rotatable bonds is 4. The molecule has 0 aliphatic heterocycles. The lowest BCUT2D eigenvalue weighted by molar-refractivity contribution is 0.136. The number of ether oxygens (including phenoxy) is 1. The van der Waals surface area contributed by atoms with E-state index in [2.05, 4.69) is 24.3 Å². The van der Waals surface area contributed by atoms with Crippen molar-refractivity contribution < 1.29 is 4.74 Å². The van der Waals surface area contributed by atoms with Crippen LogP contribution in [0.4, 0.5) is 0 Å². The Morgan fingerprint density at radius 2 is 2.27 bits per heavy atom. The summed E-state index contributed by atoms with van der Waals surface area (Å²) in [6, 6.07) is 8.47. The van der Waals surface area contributed by atoms with E-state index in [-0.39, 0.29) is 0 Å². The molecule has 0 saturated carbocycles. The minimum absolute atomic E-state index is 0.599. The molecule has 1 aromatic carbocycles. The monoisotopic (exact) mass is 221 g/mol. The zero-order valence-electron chi connectivity index (χ0n) is 8.82. The third kappa shape index (κ3) is 2.20. The molecule has 0 unspecified atom stereocenters. The first-order valence-electron chi connectivity index (χ1n) is 5.13. The van der Waals surface area contributed by atoms with Crippen molar-refractivity contribution in [2.24, 2.45) is 5.73 Å². The molecule has 15 heavy (non-hydrogen) atoms. The maximum Gasteiger partial charge on any atom is 0.0809 e. The summed E-state index contributed by atoms with van der Waals surface area (Å²) < 4.78 is 6.70. The summed E-state index contributed by atoms with van der Waals surface area (Å²) in [5.74, 6) is 0. The molecule has 1 aromatic heterocycles. The van der Waals surface area contributed by atoms with E-state index in [1.807, 2.05) is 6.92 Å². The summed E-state index contributed by atoms with van der Waals surface area (Å²) in [5, 5.41) is 1.28. The first-order valence-corrected chi connectivity index (χ1v) is 5.95. The number of hydrogen-bond donors (Lipinski definition) is 1. The maximum atomic E-state index is 5.70.